The van der Waals surface area contributed by atoms with Crippen molar-refractivity contribution in [2.75, 3.05) is 19.0 Å². The number of aliphatic carboxylic acids is 1. The number of benzene rings is 1. The summed E-state index contributed by atoms with van der Waals surface area (Å²) in [5, 5.41) is 8.87. The van der Waals surface area contributed by atoms with Crippen molar-refractivity contribution in [3.63, 3.8) is 0 Å². The molecule has 0 saturated carbocycles. The molecule has 0 amide bonds. The summed E-state index contributed by atoms with van der Waals surface area (Å²) in [4.78, 5) is 12.8. The van der Waals surface area contributed by atoms with Crippen molar-refractivity contribution >= 4 is 11.7 Å². The van der Waals surface area contributed by atoms with Gasteiger partial charge in [-0.3, -0.25) is 4.79 Å². The van der Waals surface area contributed by atoms with Crippen LogP contribution in [0.4, 0.5) is 5.69 Å². The number of nitrogens with zero attached hydrogens (tertiary/aromatic N) is 1. The third-order valence-corrected chi connectivity index (χ3v) is 2.72. The summed E-state index contributed by atoms with van der Waals surface area (Å²) in [6.45, 7) is 1.62. The molecule has 16 heavy (non-hydrogen) atoms. The van der Waals surface area contributed by atoms with Crippen molar-refractivity contribution in [3.05, 3.63) is 29.8 Å². The summed E-state index contributed by atoms with van der Waals surface area (Å²) in [7, 11) is 3.91. The highest BCUT2D eigenvalue weighted by Crippen LogP contribution is 2.22. The Morgan fingerprint density at radius 2 is 1.81 bits per heavy atom. The second kappa shape index (κ2) is 4.99. The topological polar surface area (TPSA) is 66.6 Å². The van der Waals surface area contributed by atoms with Crippen LogP contribution >= 0.6 is 0 Å². The molecule has 2 atom stereocenters. The average molecular weight is 222 g/mol. The van der Waals surface area contributed by atoms with Crippen LogP contribution in [0.1, 0.15) is 18.5 Å². The Labute approximate surface area is 95.7 Å². The SMILES string of the molecule is CC(C(=O)O)C(N)c1ccc(N(C)C)cc1. The normalized spacial score (nSPS) is 14.2. The van der Waals surface area contributed by atoms with E-state index in [0.29, 0.717) is 0 Å². The number of anilines is 1. The molecule has 0 spiro atoms. The average Bonchev–Trinajstić information content (AvgIpc) is 2.27. The van der Waals surface area contributed by atoms with Gasteiger partial charge in [0.25, 0.3) is 0 Å². The van der Waals surface area contributed by atoms with Crippen LogP contribution in [0.2, 0.25) is 0 Å². The van der Waals surface area contributed by atoms with E-state index in [1.54, 1.807) is 6.92 Å². The molecule has 0 aromatic heterocycles. The van der Waals surface area contributed by atoms with Crippen LogP contribution in [0.15, 0.2) is 24.3 Å². The molecular weight excluding hydrogens is 204 g/mol. The third-order valence-electron chi connectivity index (χ3n) is 2.72. The lowest BCUT2D eigenvalue weighted by molar-refractivity contribution is -0.141. The molecule has 0 bridgehead atoms. The molecule has 2 unspecified atom stereocenters. The van der Waals surface area contributed by atoms with Crippen LogP contribution in [0.5, 0.6) is 0 Å². The third kappa shape index (κ3) is 2.73. The van der Waals surface area contributed by atoms with E-state index in [1.165, 1.54) is 0 Å². The summed E-state index contributed by atoms with van der Waals surface area (Å²) in [5.41, 5.74) is 7.79. The second-order valence-corrected chi connectivity index (χ2v) is 4.14. The van der Waals surface area contributed by atoms with Gasteiger partial charge in [0, 0.05) is 25.8 Å². The highest BCUT2D eigenvalue weighted by atomic mass is 16.4. The van der Waals surface area contributed by atoms with Crippen LogP contribution in [0.3, 0.4) is 0 Å². The molecule has 0 aliphatic rings. The molecule has 0 aliphatic carbocycles. The van der Waals surface area contributed by atoms with Gasteiger partial charge in [-0.1, -0.05) is 19.1 Å². The van der Waals surface area contributed by atoms with E-state index in [-0.39, 0.29) is 0 Å². The van der Waals surface area contributed by atoms with Crippen molar-refractivity contribution in [3.8, 4) is 0 Å². The maximum absolute atomic E-state index is 10.8. The number of hydrogen-bond acceptors (Lipinski definition) is 3. The number of carboxylic acid groups (broad SMARTS) is 1. The standard InChI is InChI=1S/C12H18N2O2/c1-8(12(15)16)11(13)9-4-6-10(7-5-9)14(2)3/h4-8,11H,13H2,1-3H3,(H,15,16). The number of hydrogen-bond donors (Lipinski definition) is 2. The molecule has 0 radical (unpaired) electrons. The molecule has 0 aliphatic heterocycles. The second-order valence-electron chi connectivity index (χ2n) is 4.14. The Morgan fingerprint density at radius 1 is 1.31 bits per heavy atom. The Balaban J connectivity index is 2.85. The molecule has 4 nitrogen and oxygen atoms in total. The zero-order chi connectivity index (χ0) is 12.3. The van der Waals surface area contributed by atoms with Crippen LogP contribution in [0, 0.1) is 5.92 Å². The minimum atomic E-state index is -0.871. The fraction of sp³-hybridized carbons (Fsp3) is 0.417. The molecular formula is C12H18N2O2. The van der Waals surface area contributed by atoms with Crippen molar-refractivity contribution in [1.29, 1.82) is 0 Å². The first kappa shape index (κ1) is 12.5. The Morgan fingerprint density at radius 3 is 2.19 bits per heavy atom. The number of carbonyl (C=O) groups is 1. The van der Waals surface area contributed by atoms with Gasteiger partial charge in [-0.15, -0.1) is 0 Å². The fourth-order valence-electron chi connectivity index (χ4n) is 1.44. The van der Waals surface area contributed by atoms with Crippen LogP contribution in [0.25, 0.3) is 0 Å². The number of rotatable bonds is 4. The van der Waals surface area contributed by atoms with E-state index in [9.17, 15) is 4.79 Å². The van der Waals surface area contributed by atoms with Crippen LogP contribution in [-0.2, 0) is 4.79 Å². The number of carboxylic acids is 1. The maximum atomic E-state index is 10.8. The van der Waals surface area contributed by atoms with Gasteiger partial charge in [0.05, 0.1) is 5.92 Å². The first-order chi connectivity index (χ1) is 7.43. The first-order valence-corrected chi connectivity index (χ1v) is 5.19. The Hall–Kier alpha value is -1.55. The summed E-state index contributed by atoms with van der Waals surface area (Å²) < 4.78 is 0. The van der Waals surface area contributed by atoms with Crippen molar-refractivity contribution in [2.24, 2.45) is 11.7 Å². The zero-order valence-corrected chi connectivity index (χ0v) is 9.84. The van der Waals surface area contributed by atoms with E-state index in [0.717, 1.165) is 11.3 Å². The summed E-state index contributed by atoms with van der Waals surface area (Å²) >= 11 is 0. The predicted octanol–water partition coefficient (Wildman–Crippen LogP) is 1.47. The molecule has 0 fully saturated rings. The molecule has 3 N–H and O–H groups in total. The summed E-state index contributed by atoms with van der Waals surface area (Å²) in [6, 6.07) is 7.15. The lowest BCUT2D eigenvalue weighted by Crippen LogP contribution is -2.25. The van der Waals surface area contributed by atoms with Gasteiger partial charge in [-0.25, -0.2) is 0 Å². The van der Waals surface area contributed by atoms with Gasteiger partial charge in [-0.2, -0.15) is 0 Å². The number of nitrogens with two attached hydrogens (primary N) is 1. The van der Waals surface area contributed by atoms with Gasteiger partial charge in [0.1, 0.15) is 0 Å². The van der Waals surface area contributed by atoms with Crippen LogP contribution in [-0.4, -0.2) is 25.2 Å². The van der Waals surface area contributed by atoms with Gasteiger partial charge < -0.3 is 15.7 Å². The first-order valence-electron chi connectivity index (χ1n) is 5.19. The van der Waals surface area contributed by atoms with Gasteiger partial charge in [0.2, 0.25) is 0 Å². The van der Waals surface area contributed by atoms with Crippen molar-refractivity contribution in [1.82, 2.24) is 0 Å². The smallest absolute Gasteiger partial charge is 0.308 e. The highest BCUT2D eigenvalue weighted by Gasteiger charge is 2.21. The Kier molecular flexibility index (Phi) is 3.90. The maximum Gasteiger partial charge on any atom is 0.308 e. The lowest BCUT2D eigenvalue weighted by atomic mass is 9.95. The highest BCUT2D eigenvalue weighted by molar-refractivity contribution is 5.70. The van der Waals surface area contributed by atoms with E-state index in [2.05, 4.69) is 0 Å². The molecule has 1 rings (SSSR count). The van der Waals surface area contributed by atoms with Crippen molar-refractivity contribution in [2.45, 2.75) is 13.0 Å². The zero-order valence-electron chi connectivity index (χ0n) is 9.84. The van der Waals surface area contributed by atoms with E-state index >= 15 is 0 Å². The van der Waals surface area contributed by atoms with Gasteiger partial charge in [0.15, 0.2) is 0 Å². The van der Waals surface area contributed by atoms with E-state index < -0.39 is 17.9 Å². The molecule has 0 saturated heterocycles. The van der Waals surface area contributed by atoms with Crippen molar-refractivity contribution < 1.29 is 9.90 Å². The molecule has 1 aromatic rings. The summed E-state index contributed by atoms with van der Waals surface area (Å²) in [6.07, 6.45) is 0. The largest absolute Gasteiger partial charge is 0.481 e. The van der Waals surface area contributed by atoms with E-state index in [4.69, 9.17) is 10.8 Å². The lowest BCUT2D eigenvalue weighted by Gasteiger charge is -2.18. The molecule has 4 heteroatoms. The fourth-order valence-corrected chi connectivity index (χ4v) is 1.44. The van der Waals surface area contributed by atoms with Gasteiger partial charge >= 0.3 is 5.97 Å². The minimum absolute atomic E-state index is 0.464. The van der Waals surface area contributed by atoms with Crippen LogP contribution < -0.4 is 10.6 Å². The monoisotopic (exact) mass is 222 g/mol. The molecule has 88 valence electrons. The van der Waals surface area contributed by atoms with E-state index in [1.807, 2.05) is 43.3 Å². The van der Waals surface area contributed by atoms with Gasteiger partial charge in [-0.05, 0) is 17.7 Å². The predicted molar refractivity (Wildman–Crippen MR) is 64.5 cm³/mol. The minimum Gasteiger partial charge on any atom is -0.481 e. The molecule has 0 heterocycles. The quantitative estimate of drug-likeness (QED) is 0.809. The molecule has 1 aromatic carbocycles. The summed E-state index contributed by atoms with van der Waals surface area (Å²) in [5.74, 6) is -1.45. The Bertz CT molecular complexity index is 360.